The van der Waals surface area contributed by atoms with Gasteiger partial charge in [0.15, 0.2) is 0 Å². The van der Waals surface area contributed by atoms with E-state index in [9.17, 15) is 9.50 Å². The molecule has 2 aromatic carbocycles. The standard InChI is InChI=1S/C22H25FN4O/c1-25-11-10-24-22(25)21(28)18-8-5-9-19(23)20(18)27-14-12-26(13-15-27)16-17-6-3-2-4-7-17/h2-11,21,28H,12-16H2,1H3/t21-/m1/s1. The molecule has 3 aromatic rings. The molecule has 0 aliphatic carbocycles. The number of hydrogen-bond acceptors (Lipinski definition) is 4. The first kappa shape index (κ1) is 18.7. The van der Waals surface area contributed by atoms with Gasteiger partial charge >= 0.3 is 0 Å². The average molecular weight is 380 g/mol. The average Bonchev–Trinajstić information content (AvgIpc) is 3.15. The SMILES string of the molecule is Cn1ccnc1[C@H](O)c1cccc(F)c1N1CCN(Cc2ccccc2)CC1. The molecule has 1 N–H and O–H groups in total. The lowest BCUT2D eigenvalue weighted by atomic mass is 10.0. The van der Waals surface area contributed by atoms with E-state index in [-0.39, 0.29) is 5.82 Å². The van der Waals surface area contributed by atoms with Crippen LogP contribution in [0.2, 0.25) is 0 Å². The van der Waals surface area contributed by atoms with Crippen LogP contribution in [0.15, 0.2) is 60.9 Å². The van der Waals surface area contributed by atoms with Crippen LogP contribution >= 0.6 is 0 Å². The van der Waals surface area contributed by atoms with Crippen molar-refractivity contribution in [3.8, 4) is 0 Å². The number of para-hydroxylation sites is 1. The zero-order valence-corrected chi connectivity index (χ0v) is 16.0. The molecule has 1 atom stereocenters. The van der Waals surface area contributed by atoms with Gasteiger partial charge in [-0.05, 0) is 11.6 Å². The predicted octanol–water partition coefficient (Wildman–Crippen LogP) is 2.96. The van der Waals surface area contributed by atoms with Crippen LogP contribution in [-0.4, -0.2) is 45.7 Å². The molecule has 0 unspecified atom stereocenters. The molecular formula is C22H25FN4O. The molecule has 0 saturated carbocycles. The molecule has 0 bridgehead atoms. The van der Waals surface area contributed by atoms with Gasteiger partial charge in [-0.2, -0.15) is 0 Å². The number of aromatic nitrogens is 2. The molecule has 1 saturated heterocycles. The molecule has 1 aromatic heterocycles. The Kier molecular flexibility index (Phi) is 5.41. The fourth-order valence-electron chi connectivity index (χ4n) is 3.84. The quantitative estimate of drug-likeness (QED) is 0.739. The maximum atomic E-state index is 14.8. The maximum absolute atomic E-state index is 14.8. The highest BCUT2D eigenvalue weighted by Gasteiger charge is 2.26. The van der Waals surface area contributed by atoms with Crippen molar-refractivity contribution in [1.82, 2.24) is 14.5 Å². The lowest BCUT2D eigenvalue weighted by Crippen LogP contribution is -2.46. The first-order chi connectivity index (χ1) is 13.6. The first-order valence-electron chi connectivity index (χ1n) is 9.58. The molecule has 1 fully saturated rings. The molecule has 0 spiro atoms. The van der Waals surface area contributed by atoms with Crippen LogP contribution in [-0.2, 0) is 13.6 Å². The number of aliphatic hydroxyl groups is 1. The van der Waals surface area contributed by atoms with Crippen LogP contribution < -0.4 is 4.90 Å². The summed E-state index contributed by atoms with van der Waals surface area (Å²) < 4.78 is 16.5. The molecule has 6 heteroatoms. The lowest BCUT2D eigenvalue weighted by molar-refractivity contribution is 0.205. The van der Waals surface area contributed by atoms with Crippen molar-refractivity contribution in [2.45, 2.75) is 12.6 Å². The fraction of sp³-hybridized carbons (Fsp3) is 0.318. The topological polar surface area (TPSA) is 44.5 Å². The van der Waals surface area contributed by atoms with Gasteiger partial charge in [0, 0.05) is 57.7 Å². The number of nitrogens with zero attached hydrogens (tertiary/aromatic N) is 4. The molecular weight excluding hydrogens is 355 g/mol. The van der Waals surface area contributed by atoms with Gasteiger partial charge in [-0.1, -0.05) is 42.5 Å². The smallest absolute Gasteiger partial charge is 0.146 e. The Hall–Kier alpha value is -2.70. The largest absolute Gasteiger partial charge is 0.380 e. The Morgan fingerprint density at radius 1 is 1.04 bits per heavy atom. The Morgan fingerprint density at radius 2 is 1.79 bits per heavy atom. The zero-order valence-electron chi connectivity index (χ0n) is 16.0. The van der Waals surface area contributed by atoms with E-state index in [1.165, 1.54) is 11.6 Å². The van der Waals surface area contributed by atoms with Crippen molar-refractivity contribution in [3.05, 3.63) is 83.7 Å². The van der Waals surface area contributed by atoms with Crippen LogP contribution in [0.5, 0.6) is 0 Å². The Labute approximate surface area is 164 Å². The van der Waals surface area contributed by atoms with Gasteiger partial charge in [0.1, 0.15) is 17.7 Å². The second-order valence-corrected chi connectivity index (χ2v) is 7.23. The van der Waals surface area contributed by atoms with E-state index in [4.69, 9.17) is 0 Å². The molecule has 1 aliphatic rings. The summed E-state index contributed by atoms with van der Waals surface area (Å²) in [5.74, 6) is 0.205. The molecule has 146 valence electrons. The van der Waals surface area contributed by atoms with Crippen molar-refractivity contribution in [2.24, 2.45) is 7.05 Å². The number of benzene rings is 2. The number of aryl methyl sites for hydroxylation is 1. The van der Waals surface area contributed by atoms with Crippen LogP contribution in [0, 0.1) is 5.82 Å². The van der Waals surface area contributed by atoms with Crippen LogP contribution in [0.4, 0.5) is 10.1 Å². The van der Waals surface area contributed by atoms with Crippen LogP contribution in [0.1, 0.15) is 23.1 Å². The normalized spacial score (nSPS) is 16.3. The zero-order chi connectivity index (χ0) is 19.5. The van der Waals surface area contributed by atoms with Gasteiger partial charge in [-0.25, -0.2) is 9.37 Å². The van der Waals surface area contributed by atoms with E-state index < -0.39 is 6.10 Å². The number of halogens is 1. The lowest BCUT2D eigenvalue weighted by Gasteiger charge is -2.37. The van der Waals surface area contributed by atoms with Gasteiger partial charge in [-0.15, -0.1) is 0 Å². The number of anilines is 1. The highest BCUT2D eigenvalue weighted by atomic mass is 19.1. The highest BCUT2D eigenvalue weighted by Crippen LogP contribution is 2.33. The first-order valence-corrected chi connectivity index (χ1v) is 9.58. The van der Waals surface area contributed by atoms with Gasteiger partial charge in [0.05, 0.1) is 5.69 Å². The Bertz CT molecular complexity index is 919. The third-order valence-corrected chi connectivity index (χ3v) is 5.35. The van der Waals surface area contributed by atoms with Crippen molar-refractivity contribution < 1.29 is 9.50 Å². The molecule has 0 amide bonds. The minimum Gasteiger partial charge on any atom is -0.380 e. The summed E-state index contributed by atoms with van der Waals surface area (Å²) in [7, 11) is 1.83. The van der Waals surface area contributed by atoms with E-state index in [1.54, 1.807) is 29.1 Å². The number of rotatable bonds is 5. The summed E-state index contributed by atoms with van der Waals surface area (Å²) >= 11 is 0. The monoisotopic (exact) mass is 380 g/mol. The summed E-state index contributed by atoms with van der Waals surface area (Å²) in [6, 6.07) is 15.3. The van der Waals surface area contributed by atoms with Crippen LogP contribution in [0.25, 0.3) is 0 Å². The van der Waals surface area contributed by atoms with Crippen molar-refractivity contribution in [1.29, 1.82) is 0 Å². The number of aliphatic hydroxyl groups excluding tert-OH is 1. The molecule has 5 nitrogen and oxygen atoms in total. The maximum Gasteiger partial charge on any atom is 0.146 e. The predicted molar refractivity (Wildman–Crippen MR) is 108 cm³/mol. The Balaban J connectivity index is 1.51. The van der Waals surface area contributed by atoms with E-state index >= 15 is 0 Å². The van der Waals surface area contributed by atoms with E-state index in [1.807, 2.05) is 18.0 Å². The summed E-state index contributed by atoms with van der Waals surface area (Å²) in [4.78, 5) is 8.65. The summed E-state index contributed by atoms with van der Waals surface area (Å²) in [5.41, 5.74) is 2.33. The molecule has 0 radical (unpaired) electrons. The molecule has 4 rings (SSSR count). The van der Waals surface area contributed by atoms with Crippen molar-refractivity contribution in [3.63, 3.8) is 0 Å². The number of hydrogen-bond donors (Lipinski definition) is 1. The molecule has 28 heavy (non-hydrogen) atoms. The summed E-state index contributed by atoms with van der Waals surface area (Å²) in [5, 5.41) is 10.9. The second kappa shape index (κ2) is 8.12. The van der Waals surface area contributed by atoms with E-state index in [0.717, 1.165) is 19.6 Å². The molecule has 2 heterocycles. The fourth-order valence-corrected chi connectivity index (χ4v) is 3.84. The third kappa shape index (κ3) is 3.79. The van der Waals surface area contributed by atoms with E-state index in [2.05, 4.69) is 34.1 Å². The third-order valence-electron chi connectivity index (χ3n) is 5.35. The minimum atomic E-state index is -0.965. The number of imidazole rings is 1. The van der Waals surface area contributed by atoms with E-state index in [0.29, 0.717) is 30.2 Å². The summed E-state index contributed by atoms with van der Waals surface area (Å²) in [6.45, 7) is 4.03. The van der Waals surface area contributed by atoms with Gasteiger partial charge < -0.3 is 14.6 Å². The van der Waals surface area contributed by atoms with Crippen molar-refractivity contribution >= 4 is 5.69 Å². The Morgan fingerprint density at radius 3 is 2.46 bits per heavy atom. The minimum absolute atomic E-state index is 0.303. The summed E-state index contributed by atoms with van der Waals surface area (Å²) in [6.07, 6.45) is 2.45. The van der Waals surface area contributed by atoms with Crippen LogP contribution in [0.3, 0.4) is 0 Å². The van der Waals surface area contributed by atoms with Crippen molar-refractivity contribution in [2.75, 3.05) is 31.1 Å². The van der Waals surface area contributed by atoms with Gasteiger partial charge in [0.25, 0.3) is 0 Å². The second-order valence-electron chi connectivity index (χ2n) is 7.23. The highest BCUT2D eigenvalue weighted by molar-refractivity contribution is 5.57. The van der Waals surface area contributed by atoms with Gasteiger partial charge in [-0.3, -0.25) is 4.90 Å². The molecule has 1 aliphatic heterocycles. The number of piperazine rings is 1. The van der Waals surface area contributed by atoms with Gasteiger partial charge in [0.2, 0.25) is 0 Å².